The Morgan fingerprint density at radius 1 is 0.852 bits per heavy atom. The number of ether oxygens (including phenoxy) is 1. The second-order valence-electron chi connectivity index (χ2n) is 7.46. The Morgan fingerprint density at radius 3 is 1.59 bits per heavy atom. The van der Waals surface area contributed by atoms with E-state index in [1.165, 1.54) is 89.9 Å². The molecule has 0 saturated carbocycles. The summed E-state index contributed by atoms with van der Waals surface area (Å²) >= 11 is 5.64. The van der Waals surface area contributed by atoms with Gasteiger partial charge in [0.05, 0.1) is 0 Å². The Hall–Kier alpha value is -0.540. The Morgan fingerprint density at radius 2 is 1.26 bits per heavy atom. The van der Waals surface area contributed by atoms with Gasteiger partial charge >= 0.3 is 5.97 Å². The molecule has 0 heterocycles. The fourth-order valence-electron chi connectivity index (χ4n) is 2.68. The molecule has 4 heteroatoms. The van der Waals surface area contributed by atoms with E-state index in [0.29, 0.717) is 6.61 Å². The van der Waals surface area contributed by atoms with Crippen LogP contribution >= 0.6 is 11.6 Å². The van der Waals surface area contributed by atoms with Crippen LogP contribution in [0.5, 0.6) is 0 Å². The molecule has 0 bridgehead atoms. The molecular weight excluding hydrogens is 358 g/mol. The van der Waals surface area contributed by atoms with E-state index in [1.54, 1.807) is 0 Å². The summed E-state index contributed by atoms with van der Waals surface area (Å²) in [6.45, 7) is 6.73. The van der Waals surface area contributed by atoms with Gasteiger partial charge < -0.3 is 9.64 Å². The number of unbranched alkanes of at least 4 members (excludes halogenated alkanes) is 13. The summed E-state index contributed by atoms with van der Waals surface area (Å²) in [7, 11) is 3.84. The van der Waals surface area contributed by atoms with Crippen LogP contribution < -0.4 is 0 Å². The zero-order valence-electron chi connectivity index (χ0n) is 18.4. The van der Waals surface area contributed by atoms with Crippen LogP contribution in [0.1, 0.15) is 96.8 Å². The minimum absolute atomic E-state index is 0.359. The van der Waals surface area contributed by atoms with Gasteiger partial charge in [0.25, 0.3) is 0 Å². The van der Waals surface area contributed by atoms with Gasteiger partial charge in [-0.05, 0) is 20.5 Å². The van der Waals surface area contributed by atoms with Crippen molar-refractivity contribution in [2.24, 2.45) is 0 Å². The van der Waals surface area contributed by atoms with E-state index in [2.05, 4.69) is 13.5 Å². The highest BCUT2D eigenvalue weighted by Crippen LogP contribution is 2.12. The Balaban J connectivity index is 0. The molecule has 0 aliphatic carbocycles. The molecule has 0 rings (SSSR count). The van der Waals surface area contributed by atoms with E-state index in [1.807, 2.05) is 19.0 Å². The number of esters is 1. The molecule has 0 radical (unpaired) electrons. The van der Waals surface area contributed by atoms with Crippen LogP contribution in [-0.4, -0.2) is 44.0 Å². The highest BCUT2D eigenvalue weighted by Gasteiger charge is 1.95. The molecule has 3 nitrogen and oxygen atoms in total. The number of carbonyl (C=O) groups excluding carboxylic acids is 1. The van der Waals surface area contributed by atoms with Crippen molar-refractivity contribution in [1.29, 1.82) is 0 Å². The van der Waals surface area contributed by atoms with Gasteiger partial charge in [0.2, 0.25) is 0 Å². The summed E-state index contributed by atoms with van der Waals surface area (Å²) in [6.07, 6.45) is 21.0. The number of carbonyl (C=O) groups is 1. The molecule has 0 N–H and O–H groups in total. The fourth-order valence-corrected chi connectivity index (χ4v) is 2.87. The lowest BCUT2D eigenvalue weighted by molar-refractivity contribution is -0.137. The maximum absolute atomic E-state index is 10.4. The molecule has 0 aliphatic heterocycles. The number of nitrogens with zero attached hydrogens (tertiary/aromatic N) is 1. The first-order valence-electron chi connectivity index (χ1n) is 11.1. The predicted molar refractivity (Wildman–Crippen MR) is 121 cm³/mol. The standard InChI is InChI=1S/C16H33Cl.C7H13NO2/c1-2-3-4-5-6-7-8-9-10-11-12-13-14-15-16-17;1-4-7(9)10-6-5-8(2)3/h2-16H2,1H3;4H,1,5-6H2,2-3H3. The normalized spacial score (nSPS) is 10.4. The second-order valence-corrected chi connectivity index (χ2v) is 7.84. The Bertz CT molecular complexity index is 295. The zero-order chi connectivity index (χ0) is 20.6. The molecule has 0 saturated heterocycles. The second kappa shape index (κ2) is 25.5. The van der Waals surface area contributed by atoms with Gasteiger partial charge in [0.1, 0.15) is 6.61 Å². The van der Waals surface area contributed by atoms with Crippen LogP contribution in [0.2, 0.25) is 0 Å². The molecule has 0 fully saturated rings. The molecule has 0 aromatic rings. The minimum Gasteiger partial charge on any atom is -0.461 e. The van der Waals surface area contributed by atoms with Gasteiger partial charge in [-0.15, -0.1) is 11.6 Å². The fraction of sp³-hybridized carbons (Fsp3) is 0.870. The lowest BCUT2D eigenvalue weighted by Crippen LogP contribution is -2.19. The van der Waals surface area contributed by atoms with Crippen LogP contribution in [0.15, 0.2) is 12.7 Å². The molecular formula is C23H46ClNO2. The number of rotatable bonds is 18. The third kappa shape index (κ3) is 30.4. The number of halogens is 1. The smallest absolute Gasteiger partial charge is 0.330 e. The number of likely N-dealkylation sites (N-methyl/N-ethyl adjacent to an activating group) is 1. The third-order valence-corrected chi connectivity index (χ3v) is 4.70. The first kappa shape index (κ1) is 28.7. The van der Waals surface area contributed by atoms with Gasteiger partial charge in [-0.25, -0.2) is 4.79 Å². The maximum Gasteiger partial charge on any atom is 0.330 e. The Labute approximate surface area is 174 Å². The van der Waals surface area contributed by atoms with Crippen LogP contribution in [0.3, 0.4) is 0 Å². The number of alkyl halides is 1. The first-order chi connectivity index (χ1) is 13.1. The van der Waals surface area contributed by atoms with Crippen molar-refractivity contribution in [3.63, 3.8) is 0 Å². The quantitative estimate of drug-likeness (QED) is 0.107. The first-order valence-corrected chi connectivity index (χ1v) is 11.6. The minimum atomic E-state index is -0.359. The van der Waals surface area contributed by atoms with Crippen molar-refractivity contribution in [3.8, 4) is 0 Å². The van der Waals surface area contributed by atoms with Crippen molar-refractivity contribution in [2.75, 3.05) is 33.1 Å². The van der Waals surface area contributed by atoms with Crippen molar-refractivity contribution in [2.45, 2.75) is 96.8 Å². The van der Waals surface area contributed by atoms with Gasteiger partial charge in [0.15, 0.2) is 0 Å². The summed E-state index contributed by atoms with van der Waals surface area (Å²) in [5.41, 5.74) is 0. The molecule has 27 heavy (non-hydrogen) atoms. The van der Waals surface area contributed by atoms with Crippen molar-refractivity contribution in [3.05, 3.63) is 12.7 Å². The SMILES string of the molecule is C=CC(=O)OCCN(C)C.CCCCCCCCCCCCCCCCCl. The average Bonchev–Trinajstić information content (AvgIpc) is 2.65. The third-order valence-electron chi connectivity index (χ3n) is 4.44. The summed E-state index contributed by atoms with van der Waals surface area (Å²) < 4.78 is 4.70. The van der Waals surface area contributed by atoms with E-state index in [-0.39, 0.29) is 5.97 Å². The lowest BCUT2D eigenvalue weighted by Gasteiger charge is -2.07. The molecule has 0 aliphatic rings. The number of hydrogen-bond donors (Lipinski definition) is 0. The lowest BCUT2D eigenvalue weighted by atomic mass is 10.0. The summed E-state index contributed by atoms with van der Waals surface area (Å²) in [4.78, 5) is 12.4. The monoisotopic (exact) mass is 403 g/mol. The molecule has 0 unspecified atom stereocenters. The highest BCUT2D eigenvalue weighted by atomic mass is 35.5. The van der Waals surface area contributed by atoms with E-state index >= 15 is 0 Å². The van der Waals surface area contributed by atoms with Crippen molar-refractivity contribution < 1.29 is 9.53 Å². The van der Waals surface area contributed by atoms with Gasteiger partial charge in [-0.1, -0.05) is 97.0 Å². The average molecular weight is 404 g/mol. The topological polar surface area (TPSA) is 29.5 Å². The van der Waals surface area contributed by atoms with E-state index in [9.17, 15) is 4.79 Å². The molecule has 0 atom stereocenters. The Kier molecular flexibility index (Phi) is 27.0. The molecule has 0 spiro atoms. The van der Waals surface area contributed by atoms with Gasteiger partial charge in [0, 0.05) is 18.5 Å². The van der Waals surface area contributed by atoms with E-state index < -0.39 is 0 Å². The van der Waals surface area contributed by atoms with E-state index in [4.69, 9.17) is 16.3 Å². The van der Waals surface area contributed by atoms with Crippen LogP contribution in [0.4, 0.5) is 0 Å². The van der Waals surface area contributed by atoms with Crippen LogP contribution in [0.25, 0.3) is 0 Å². The molecule has 0 aromatic carbocycles. The van der Waals surface area contributed by atoms with E-state index in [0.717, 1.165) is 18.5 Å². The molecule has 0 aromatic heterocycles. The summed E-state index contributed by atoms with van der Waals surface area (Å²) in [6, 6.07) is 0. The summed E-state index contributed by atoms with van der Waals surface area (Å²) in [5.74, 6) is 0.486. The van der Waals surface area contributed by atoms with Crippen molar-refractivity contribution in [1.82, 2.24) is 4.90 Å². The molecule has 162 valence electrons. The summed E-state index contributed by atoms with van der Waals surface area (Å²) in [5, 5.41) is 0. The van der Waals surface area contributed by atoms with Crippen LogP contribution in [0, 0.1) is 0 Å². The predicted octanol–water partition coefficient (Wildman–Crippen LogP) is 6.98. The van der Waals surface area contributed by atoms with Gasteiger partial charge in [-0.2, -0.15) is 0 Å². The highest BCUT2D eigenvalue weighted by molar-refractivity contribution is 6.17. The van der Waals surface area contributed by atoms with Crippen molar-refractivity contribution >= 4 is 17.6 Å². The molecule has 0 amide bonds. The van der Waals surface area contributed by atoms with Gasteiger partial charge in [-0.3, -0.25) is 0 Å². The largest absolute Gasteiger partial charge is 0.461 e. The van der Waals surface area contributed by atoms with Crippen LogP contribution in [-0.2, 0) is 9.53 Å². The maximum atomic E-state index is 10.4. The zero-order valence-corrected chi connectivity index (χ0v) is 19.2. The number of hydrogen-bond acceptors (Lipinski definition) is 3.